The first kappa shape index (κ1) is 25.7. The van der Waals surface area contributed by atoms with Crippen LogP contribution in [0.1, 0.15) is 27.7 Å². The maximum absolute atomic E-state index is 9.60. The lowest BCUT2D eigenvalue weighted by Gasteiger charge is -2.03. The molecule has 0 amide bonds. The largest absolute Gasteiger partial charge is 0.478 e. The van der Waals surface area contributed by atoms with Gasteiger partial charge in [-0.3, -0.25) is 0 Å². The molecule has 124 valence electrons. The lowest BCUT2D eigenvalue weighted by molar-refractivity contribution is -0.133. The van der Waals surface area contributed by atoms with Gasteiger partial charge in [-0.05, 0) is 27.7 Å². The van der Waals surface area contributed by atoms with E-state index in [1.807, 2.05) is 13.8 Å². The molecule has 0 spiro atoms. The van der Waals surface area contributed by atoms with E-state index in [4.69, 9.17) is 13.8 Å². The highest BCUT2D eigenvalue weighted by Gasteiger charge is 1.98. The van der Waals surface area contributed by atoms with Crippen molar-refractivity contribution in [1.29, 1.82) is 0 Å². The number of hydrogen-bond acceptors (Lipinski definition) is 7. The Hall–Kier alpha value is -0.220. The molecule has 0 aromatic carbocycles. The fourth-order valence-electron chi connectivity index (χ4n) is 0.136. The number of thiol groups is 2. The Kier molecular flexibility index (Phi) is 19.8. The fraction of sp³-hybridized carbons (Fsp3) is 0.500. The molecule has 21 heavy (non-hydrogen) atoms. The van der Waals surface area contributed by atoms with Crippen LogP contribution in [0, 0.1) is 0 Å². The zero-order valence-electron chi connectivity index (χ0n) is 12.4. The van der Waals surface area contributed by atoms with E-state index in [0.717, 1.165) is 0 Å². The van der Waals surface area contributed by atoms with Crippen molar-refractivity contribution < 1.29 is 23.4 Å². The first-order valence-electron chi connectivity index (χ1n) is 5.54. The number of aliphatic carboxylic acids is 2. The second-order valence-electron chi connectivity index (χ2n) is 3.63. The number of rotatable bonds is 6. The molecule has 0 aliphatic carbocycles. The first-order chi connectivity index (χ1) is 9.41. The Morgan fingerprint density at radius 2 is 1.14 bits per heavy atom. The summed E-state index contributed by atoms with van der Waals surface area (Å²) < 4.78 is 5.49. The topological polar surface area (TPSA) is 83.8 Å². The van der Waals surface area contributed by atoms with Crippen molar-refractivity contribution in [3.8, 4) is 0 Å². The molecule has 0 aromatic heterocycles. The molecule has 0 saturated heterocycles. The molecule has 0 radical (unpaired) electrons. The van der Waals surface area contributed by atoms with Gasteiger partial charge in [-0.25, -0.2) is 13.2 Å². The van der Waals surface area contributed by atoms with Crippen LogP contribution in [0.15, 0.2) is 24.3 Å². The maximum Gasteiger partial charge on any atom is 0.330 e. The Morgan fingerprint density at radius 1 is 0.952 bits per heavy atom. The van der Waals surface area contributed by atoms with Crippen molar-refractivity contribution in [2.75, 3.05) is 0 Å². The van der Waals surface area contributed by atoms with Crippen molar-refractivity contribution in [1.82, 2.24) is 0 Å². The predicted molar refractivity (Wildman–Crippen MR) is 98.1 cm³/mol. The van der Waals surface area contributed by atoms with E-state index in [-0.39, 0.29) is 20.3 Å². The van der Waals surface area contributed by atoms with Gasteiger partial charge in [-0.15, -0.1) is 0 Å². The summed E-state index contributed by atoms with van der Waals surface area (Å²) in [6.07, 6.45) is 0. The minimum atomic E-state index is -0.935. The van der Waals surface area contributed by atoms with Crippen LogP contribution in [0.4, 0.5) is 0 Å². The van der Waals surface area contributed by atoms with Crippen molar-refractivity contribution >= 4 is 61.3 Å². The van der Waals surface area contributed by atoms with Gasteiger partial charge in [0.1, 0.15) is 0 Å². The van der Waals surface area contributed by atoms with Crippen LogP contribution in [-0.2, 0) is 13.2 Å². The third kappa shape index (κ3) is 32.9. The highest BCUT2D eigenvalue weighted by molar-refractivity contribution is 8.16. The van der Waals surface area contributed by atoms with Gasteiger partial charge < -0.3 is 10.2 Å². The average molecular weight is 375 g/mol. The molecular weight excluding hydrogens is 352 g/mol. The number of carboxylic acids is 2. The Morgan fingerprint density at radius 3 is 1.24 bits per heavy atom. The quantitative estimate of drug-likeness (QED) is 0.241. The second kappa shape index (κ2) is 16.2. The van der Waals surface area contributed by atoms with Crippen LogP contribution in [0.25, 0.3) is 0 Å². The SMILES string of the molecule is C=C(C)C(=O)O.C=C(C)C(=O)O.CC(S)SOSC(C)S. The summed E-state index contributed by atoms with van der Waals surface area (Å²) >= 11 is 10.9. The van der Waals surface area contributed by atoms with Crippen LogP contribution in [-0.4, -0.2) is 31.3 Å². The van der Waals surface area contributed by atoms with Gasteiger partial charge in [0.25, 0.3) is 0 Å². The maximum atomic E-state index is 9.60. The van der Waals surface area contributed by atoms with Crippen LogP contribution >= 0.6 is 49.3 Å². The van der Waals surface area contributed by atoms with Crippen molar-refractivity contribution in [2.24, 2.45) is 0 Å². The van der Waals surface area contributed by atoms with Crippen LogP contribution in [0.2, 0.25) is 0 Å². The average Bonchev–Trinajstić information content (AvgIpc) is 2.29. The van der Waals surface area contributed by atoms with Crippen molar-refractivity contribution in [3.05, 3.63) is 24.3 Å². The molecule has 0 aliphatic rings. The van der Waals surface area contributed by atoms with Gasteiger partial charge in [0.15, 0.2) is 0 Å². The van der Waals surface area contributed by atoms with Gasteiger partial charge in [0, 0.05) is 35.2 Å². The van der Waals surface area contributed by atoms with E-state index in [1.165, 1.54) is 37.9 Å². The minimum Gasteiger partial charge on any atom is -0.478 e. The van der Waals surface area contributed by atoms with E-state index < -0.39 is 11.9 Å². The summed E-state index contributed by atoms with van der Waals surface area (Å²) in [6, 6.07) is 0. The summed E-state index contributed by atoms with van der Waals surface area (Å²) in [6.45, 7) is 13.1. The summed E-state index contributed by atoms with van der Waals surface area (Å²) in [5.41, 5.74) is 0.352. The molecule has 2 N–H and O–H groups in total. The summed E-state index contributed by atoms with van der Waals surface area (Å²) in [7, 11) is 0. The van der Waals surface area contributed by atoms with E-state index in [1.54, 1.807) is 0 Å². The second-order valence-corrected chi connectivity index (χ2v) is 8.22. The zero-order chi connectivity index (χ0) is 17.6. The molecule has 0 saturated carbocycles. The van der Waals surface area contributed by atoms with Gasteiger partial charge in [-0.2, -0.15) is 25.3 Å². The standard InChI is InChI=1S/2C4H6O2.C4H10OS4/c2*1-3(2)4(5)6;1-3(6)8-5-9-4(2)7/h2*1H2,2H3,(H,5,6);3-4,6-7H,1-2H3. The Balaban J connectivity index is -0.000000240. The molecule has 0 fully saturated rings. The third-order valence-electron chi connectivity index (χ3n) is 1.09. The third-order valence-corrected chi connectivity index (χ3v) is 2.79. The van der Waals surface area contributed by atoms with Crippen LogP contribution in [0.3, 0.4) is 0 Å². The molecular formula is C12H22O5S4. The first-order valence-corrected chi connectivity index (χ1v) is 8.18. The molecule has 9 heteroatoms. The summed E-state index contributed by atoms with van der Waals surface area (Å²) in [4.78, 5) is 19.2. The minimum absolute atomic E-state index is 0.176. The molecule has 0 heterocycles. The van der Waals surface area contributed by atoms with Gasteiger partial charge in [0.2, 0.25) is 0 Å². The predicted octanol–water partition coefficient (Wildman–Crippen LogP) is 4.15. The fourth-order valence-corrected chi connectivity index (χ4v) is 1.86. The molecule has 0 rings (SSSR count). The highest BCUT2D eigenvalue weighted by Crippen LogP contribution is 2.25. The van der Waals surface area contributed by atoms with Crippen LogP contribution in [0.5, 0.6) is 0 Å². The number of carboxylic acid groups (broad SMARTS) is 2. The van der Waals surface area contributed by atoms with Crippen molar-refractivity contribution in [3.63, 3.8) is 0 Å². The summed E-state index contributed by atoms with van der Waals surface area (Å²) in [5.74, 6) is -1.87. The number of carbonyl (C=O) groups is 2. The molecule has 5 nitrogen and oxygen atoms in total. The Labute approximate surface area is 145 Å². The zero-order valence-corrected chi connectivity index (χ0v) is 15.8. The molecule has 0 aromatic rings. The lowest BCUT2D eigenvalue weighted by atomic mass is 10.4. The molecule has 2 unspecified atom stereocenters. The molecule has 0 aliphatic heterocycles. The highest BCUT2D eigenvalue weighted by atomic mass is 32.3. The Bertz CT molecular complexity index is 287. The van der Waals surface area contributed by atoms with E-state index in [2.05, 4.69) is 38.4 Å². The molecule has 2 atom stereocenters. The van der Waals surface area contributed by atoms with Crippen LogP contribution < -0.4 is 0 Å². The smallest absolute Gasteiger partial charge is 0.330 e. The lowest BCUT2D eigenvalue weighted by Crippen LogP contribution is -1.92. The van der Waals surface area contributed by atoms with Crippen molar-refractivity contribution in [2.45, 2.75) is 36.9 Å². The van der Waals surface area contributed by atoms with E-state index >= 15 is 0 Å². The normalized spacial score (nSPS) is 11.7. The van der Waals surface area contributed by atoms with E-state index in [9.17, 15) is 9.59 Å². The summed E-state index contributed by atoms with van der Waals surface area (Å²) in [5, 5.41) is 15.8. The van der Waals surface area contributed by atoms with Gasteiger partial charge in [-0.1, -0.05) is 13.2 Å². The van der Waals surface area contributed by atoms with Gasteiger partial charge in [0.05, 0.1) is 9.16 Å². The monoisotopic (exact) mass is 374 g/mol. The number of hydrogen-bond donors (Lipinski definition) is 4. The molecule has 0 bridgehead atoms. The van der Waals surface area contributed by atoms with E-state index in [0.29, 0.717) is 0 Å². The van der Waals surface area contributed by atoms with Gasteiger partial charge >= 0.3 is 11.9 Å².